The van der Waals surface area contributed by atoms with E-state index in [0.29, 0.717) is 0 Å². The molecule has 1 amide bonds. The molecule has 0 saturated heterocycles. The number of hydrogen-bond acceptors (Lipinski definition) is 6. The van der Waals surface area contributed by atoms with Crippen molar-refractivity contribution in [2.75, 3.05) is 14.2 Å². The number of carbonyl (C=O) groups excluding carboxylic acids is 2. The Labute approximate surface area is 175 Å². The van der Waals surface area contributed by atoms with Crippen molar-refractivity contribution in [3.05, 3.63) is 64.5 Å². The SMILES string of the molecule is COc1ccc([C@](OC)(OC(C)=O)C(=O)NCc2c(F)cc(C(=N)N)cc2F)c(F)c1. The number of esters is 1. The Bertz CT molecular complexity index is 1010. The first-order valence-corrected chi connectivity index (χ1v) is 8.75. The van der Waals surface area contributed by atoms with Gasteiger partial charge in [-0.1, -0.05) is 0 Å². The lowest BCUT2D eigenvalue weighted by molar-refractivity contribution is -0.225. The van der Waals surface area contributed by atoms with Gasteiger partial charge >= 0.3 is 11.8 Å². The Kier molecular flexibility index (Phi) is 7.24. The molecule has 166 valence electrons. The molecule has 0 fully saturated rings. The van der Waals surface area contributed by atoms with Crippen molar-refractivity contribution >= 4 is 17.7 Å². The molecule has 2 rings (SSSR count). The summed E-state index contributed by atoms with van der Waals surface area (Å²) in [5, 5.41) is 9.43. The molecule has 0 aliphatic rings. The van der Waals surface area contributed by atoms with Gasteiger partial charge in [-0.2, -0.15) is 0 Å². The molecule has 0 saturated carbocycles. The van der Waals surface area contributed by atoms with E-state index in [4.69, 9.17) is 25.4 Å². The fraction of sp³-hybridized carbons (Fsp3) is 0.250. The van der Waals surface area contributed by atoms with Gasteiger partial charge in [0.25, 0.3) is 5.91 Å². The molecular weight excluding hydrogens is 419 g/mol. The summed E-state index contributed by atoms with van der Waals surface area (Å²) in [5.41, 5.74) is 4.02. The molecule has 1 atom stereocenters. The predicted molar refractivity (Wildman–Crippen MR) is 103 cm³/mol. The van der Waals surface area contributed by atoms with Crippen LogP contribution in [0.2, 0.25) is 0 Å². The molecule has 2 aromatic carbocycles. The largest absolute Gasteiger partial charge is 0.497 e. The summed E-state index contributed by atoms with van der Waals surface area (Å²) in [5.74, 6) is -8.29. The van der Waals surface area contributed by atoms with E-state index in [1.165, 1.54) is 13.2 Å². The maximum absolute atomic E-state index is 14.7. The van der Waals surface area contributed by atoms with Gasteiger partial charge in [0.1, 0.15) is 29.0 Å². The minimum absolute atomic E-state index is 0.129. The Balaban J connectivity index is 2.42. The Morgan fingerprint density at radius 1 is 1.10 bits per heavy atom. The lowest BCUT2D eigenvalue weighted by atomic mass is 10.0. The number of amides is 1. The van der Waals surface area contributed by atoms with Crippen LogP contribution in [0.5, 0.6) is 5.75 Å². The molecule has 0 heterocycles. The number of benzene rings is 2. The highest BCUT2D eigenvalue weighted by Crippen LogP contribution is 2.32. The van der Waals surface area contributed by atoms with Gasteiger partial charge in [-0.05, 0) is 24.3 Å². The number of carbonyl (C=O) groups is 2. The first-order valence-electron chi connectivity index (χ1n) is 8.75. The highest BCUT2D eigenvalue weighted by molar-refractivity contribution is 5.95. The van der Waals surface area contributed by atoms with Crippen molar-refractivity contribution in [3.63, 3.8) is 0 Å². The summed E-state index contributed by atoms with van der Waals surface area (Å²) in [6.45, 7) is 0.279. The molecule has 11 heteroatoms. The van der Waals surface area contributed by atoms with Crippen molar-refractivity contribution in [3.8, 4) is 5.75 Å². The Morgan fingerprint density at radius 3 is 2.16 bits per heavy atom. The van der Waals surface area contributed by atoms with Crippen LogP contribution in [0.15, 0.2) is 30.3 Å². The van der Waals surface area contributed by atoms with Crippen molar-refractivity contribution in [2.24, 2.45) is 5.73 Å². The van der Waals surface area contributed by atoms with Gasteiger partial charge in [-0.25, -0.2) is 13.2 Å². The van der Waals surface area contributed by atoms with Gasteiger partial charge in [0.15, 0.2) is 0 Å². The molecule has 2 aromatic rings. The minimum atomic E-state index is -2.57. The Morgan fingerprint density at radius 2 is 1.71 bits per heavy atom. The van der Waals surface area contributed by atoms with Gasteiger partial charge in [0.2, 0.25) is 0 Å². The quantitative estimate of drug-likeness (QED) is 0.250. The molecule has 8 nitrogen and oxygen atoms in total. The standard InChI is InChI=1S/C20H20F3N3O5/c1-10(27)31-20(30-3,14-5-4-12(29-2)8-17(14)23)19(28)26-9-13-15(21)6-11(18(24)25)7-16(13)22/h4-8H,9H2,1-3H3,(H3,24,25)(H,26,28)/t20-/m0/s1. The number of nitrogens with one attached hydrogen (secondary N) is 2. The second-order valence-corrected chi connectivity index (χ2v) is 6.27. The van der Waals surface area contributed by atoms with Crippen LogP contribution in [0.3, 0.4) is 0 Å². The molecule has 4 N–H and O–H groups in total. The van der Waals surface area contributed by atoms with Gasteiger partial charge in [-0.3, -0.25) is 15.0 Å². The van der Waals surface area contributed by atoms with Gasteiger partial charge in [-0.15, -0.1) is 0 Å². The minimum Gasteiger partial charge on any atom is -0.497 e. The third kappa shape index (κ3) is 4.94. The van der Waals surface area contributed by atoms with Crippen LogP contribution in [0, 0.1) is 22.9 Å². The average molecular weight is 439 g/mol. The lowest BCUT2D eigenvalue weighted by Crippen LogP contribution is -2.49. The zero-order chi connectivity index (χ0) is 23.3. The fourth-order valence-corrected chi connectivity index (χ4v) is 2.77. The summed E-state index contributed by atoms with van der Waals surface area (Å²) in [6, 6.07) is 5.02. The number of ether oxygens (including phenoxy) is 3. The number of rotatable bonds is 8. The number of amidine groups is 1. The predicted octanol–water partition coefficient (Wildman–Crippen LogP) is 2.08. The second kappa shape index (κ2) is 9.47. The maximum atomic E-state index is 14.7. The summed E-state index contributed by atoms with van der Waals surface area (Å²) in [7, 11) is 2.30. The highest BCUT2D eigenvalue weighted by atomic mass is 19.1. The van der Waals surface area contributed by atoms with E-state index in [9.17, 15) is 22.8 Å². The van der Waals surface area contributed by atoms with Crippen LogP contribution >= 0.6 is 0 Å². The van der Waals surface area contributed by atoms with Crippen molar-refractivity contribution in [1.29, 1.82) is 5.41 Å². The van der Waals surface area contributed by atoms with E-state index in [-0.39, 0.29) is 11.3 Å². The van der Waals surface area contributed by atoms with Crippen LogP contribution < -0.4 is 15.8 Å². The summed E-state index contributed by atoms with van der Waals surface area (Å²) >= 11 is 0. The summed E-state index contributed by atoms with van der Waals surface area (Å²) in [6.07, 6.45) is 0. The smallest absolute Gasteiger partial charge is 0.323 e. The van der Waals surface area contributed by atoms with Crippen LogP contribution in [0.25, 0.3) is 0 Å². The van der Waals surface area contributed by atoms with Crippen molar-refractivity contribution in [1.82, 2.24) is 5.32 Å². The van der Waals surface area contributed by atoms with E-state index in [1.807, 2.05) is 0 Å². The van der Waals surface area contributed by atoms with Gasteiger partial charge in [0.05, 0.1) is 12.7 Å². The van der Waals surface area contributed by atoms with Crippen LogP contribution in [-0.4, -0.2) is 31.9 Å². The molecule has 0 bridgehead atoms. The highest BCUT2D eigenvalue weighted by Gasteiger charge is 2.47. The summed E-state index contributed by atoms with van der Waals surface area (Å²) in [4.78, 5) is 24.5. The van der Waals surface area contributed by atoms with E-state index < -0.39 is 58.6 Å². The molecule has 0 radical (unpaired) electrons. The molecule has 0 aliphatic heterocycles. The Hall–Kier alpha value is -3.60. The van der Waals surface area contributed by atoms with E-state index in [1.54, 1.807) is 0 Å². The maximum Gasteiger partial charge on any atom is 0.323 e. The van der Waals surface area contributed by atoms with E-state index in [2.05, 4.69) is 5.32 Å². The topological polar surface area (TPSA) is 124 Å². The number of hydrogen-bond donors (Lipinski definition) is 3. The monoisotopic (exact) mass is 439 g/mol. The van der Waals surface area contributed by atoms with Crippen molar-refractivity contribution < 1.29 is 37.0 Å². The van der Waals surface area contributed by atoms with Crippen LogP contribution in [-0.2, 0) is 31.4 Å². The molecule has 0 aliphatic carbocycles. The first-order chi connectivity index (χ1) is 14.5. The lowest BCUT2D eigenvalue weighted by Gasteiger charge is -2.30. The van der Waals surface area contributed by atoms with Crippen LogP contribution in [0.1, 0.15) is 23.6 Å². The third-order valence-corrected chi connectivity index (χ3v) is 4.28. The van der Waals surface area contributed by atoms with Crippen LogP contribution in [0.4, 0.5) is 13.2 Å². The number of nitrogen functional groups attached to an aromatic ring is 1. The zero-order valence-corrected chi connectivity index (χ0v) is 16.8. The molecule has 0 aromatic heterocycles. The van der Waals surface area contributed by atoms with E-state index >= 15 is 0 Å². The van der Waals surface area contributed by atoms with Crippen molar-refractivity contribution in [2.45, 2.75) is 19.3 Å². The third-order valence-electron chi connectivity index (χ3n) is 4.28. The number of nitrogens with two attached hydrogens (primary N) is 1. The first kappa shape index (κ1) is 23.7. The fourth-order valence-electron chi connectivity index (χ4n) is 2.77. The van der Waals surface area contributed by atoms with E-state index in [0.717, 1.165) is 38.3 Å². The number of halogens is 3. The number of methoxy groups -OCH3 is 2. The molecule has 31 heavy (non-hydrogen) atoms. The summed E-state index contributed by atoms with van der Waals surface area (Å²) < 4.78 is 58.1. The molecular formula is C20H20F3N3O5. The molecule has 0 unspecified atom stereocenters. The normalized spacial score (nSPS) is 12.6. The average Bonchev–Trinajstić information content (AvgIpc) is 2.70. The molecule has 0 spiro atoms. The van der Waals surface area contributed by atoms with Gasteiger partial charge < -0.3 is 25.3 Å². The second-order valence-electron chi connectivity index (χ2n) is 6.27. The zero-order valence-electron chi connectivity index (χ0n) is 16.8. The van der Waals surface area contributed by atoms with Gasteiger partial charge in [0, 0.05) is 37.8 Å².